The van der Waals surface area contributed by atoms with Gasteiger partial charge in [-0.15, -0.1) is 11.3 Å². The number of nitrogens with two attached hydrogens (primary N) is 1. The summed E-state index contributed by atoms with van der Waals surface area (Å²) >= 11 is 1.74. The average molecular weight is 281 g/mol. The molecular formula is C13H19N3O2S. The molecule has 6 heteroatoms. The van der Waals surface area contributed by atoms with Gasteiger partial charge in [-0.1, -0.05) is 12.1 Å². The van der Waals surface area contributed by atoms with E-state index >= 15 is 0 Å². The largest absolute Gasteiger partial charge is 0.409 e. The van der Waals surface area contributed by atoms with Crippen LogP contribution in [0.2, 0.25) is 0 Å². The van der Waals surface area contributed by atoms with Gasteiger partial charge in [0, 0.05) is 18.0 Å². The van der Waals surface area contributed by atoms with Gasteiger partial charge in [-0.05, 0) is 36.8 Å². The molecule has 1 aromatic heterocycles. The van der Waals surface area contributed by atoms with Gasteiger partial charge in [0.1, 0.15) is 5.41 Å². The fraction of sp³-hybridized carbons (Fsp3) is 0.538. The fourth-order valence-electron chi connectivity index (χ4n) is 2.32. The van der Waals surface area contributed by atoms with Crippen molar-refractivity contribution >= 4 is 23.1 Å². The number of thiophene rings is 1. The third-order valence-corrected chi connectivity index (χ3v) is 4.97. The topological polar surface area (TPSA) is 78.9 Å². The number of nitrogens with zero attached hydrogens (tertiary/aromatic N) is 2. The van der Waals surface area contributed by atoms with Crippen LogP contribution in [0.25, 0.3) is 0 Å². The van der Waals surface area contributed by atoms with Gasteiger partial charge in [-0.25, -0.2) is 0 Å². The van der Waals surface area contributed by atoms with Crippen LogP contribution in [0.15, 0.2) is 16.6 Å². The molecule has 19 heavy (non-hydrogen) atoms. The lowest BCUT2D eigenvalue weighted by Crippen LogP contribution is -2.50. The van der Waals surface area contributed by atoms with E-state index in [1.165, 1.54) is 10.4 Å². The number of rotatable bonds is 3. The summed E-state index contributed by atoms with van der Waals surface area (Å²) in [6, 6.07) is 2.06. The molecule has 1 aliphatic rings. The molecule has 1 aliphatic heterocycles. The maximum Gasteiger partial charge on any atom is 0.236 e. The van der Waals surface area contributed by atoms with Crippen molar-refractivity contribution in [2.75, 3.05) is 6.54 Å². The molecule has 0 aliphatic carbocycles. The molecule has 5 nitrogen and oxygen atoms in total. The van der Waals surface area contributed by atoms with Crippen LogP contribution < -0.4 is 5.73 Å². The van der Waals surface area contributed by atoms with Crippen molar-refractivity contribution in [3.8, 4) is 0 Å². The summed E-state index contributed by atoms with van der Waals surface area (Å²) in [5, 5.41) is 14.0. The first-order valence-electron chi connectivity index (χ1n) is 6.35. The van der Waals surface area contributed by atoms with E-state index in [1.807, 2.05) is 6.92 Å². The van der Waals surface area contributed by atoms with Crippen molar-refractivity contribution in [3.63, 3.8) is 0 Å². The molecule has 2 rings (SSSR count). The highest BCUT2D eigenvalue weighted by atomic mass is 32.1. The number of hydrogen-bond acceptors (Lipinski definition) is 4. The first-order chi connectivity index (χ1) is 9.02. The highest BCUT2D eigenvalue weighted by molar-refractivity contribution is 7.10. The van der Waals surface area contributed by atoms with Crippen LogP contribution in [0.3, 0.4) is 0 Å². The number of amidine groups is 1. The predicted molar refractivity (Wildman–Crippen MR) is 75.2 cm³/mol. The molecule has 1 aromatic rings. The molecule has 0 bridgehead atoms. The minimum absolute atomic E-state index is 0.0175. The summed E-state index contributed by atoms with van der Waals surface area (Å²) in [5.74, 6) is -0.0849. The molecule has 0 radical (unpaired) electrons. The Morgan fingerprint density at radius 2 is 2.42 bits per heavy atom. The smallest absolute Gasteiger partial charge is 0.236 e. The van der Waals surface area contributed by atoms with Crippen molar-refractivity contribution in [2.45, 2.75) is 33.2 Å². The Balaban J connectivity index is 2.21. The third-order valence-electron chi connectivity index (χ3n) is 3.95. The molecule has 1 unspecified atom stereocenters. The van der Waals surface area contributed by atoms with Gasteiger partial charge in [0.05, 0.1) is 0 Å². The molecule has 0 spiro atoms. The van der Waals surface area contributed by atoms with Gasteiger partial charge in [0.15, 0.2) is 5.84 Å². The number of oxime groups is 1. The van der Waals surface area contributed by atoms with E-state index < -0.39 is 5.41 Å². The summed E-state index contributed by atoms with van der Waals surface area (Å²) < 4.78 is 0. The number of carbonyl (C=O) groups excluding carboxylic acids is 1. The SMILES string of the molecule is CCC(C)(C(=O)N1CCc2sccc2C1)/C(N)=N/O. The minimum atomic E-state index is -0.928. The van der Waals surface area contributed by atoms with Crippen LogP contribution >= 0.6 is 11.3 Å². The molecule has 1 amide bonds. The van der Waals surface area contributed by atoms with E-state index in [9.17, 15) is 4.79 Å². The van der Waals surface area contributed by atoms with Crippen LogP contribution in [-0.4, -0.2) is 28.4 Å². The molecule has 2 heterocycles. The zero-order valence-corrected chi connectivity index (χ0v) is 12.0. The molecule has 0 fully saturated rings. The zero-order valence-electron chi connectivity index (χ0n) is 11.2. The van der Waals surface area contributed by atoms with E-state index in [4.69, 9.17) is 10.9 Å². The van der Waals surface area contributed by atoms with Crippen LogP contribution in [0.1, 0.15) is 30.7 Å². The normalized spacial score (nSPS) is 18.8. The first-order valence-corrected chi connectivity index (χ1v) is 7.23. The standard InChI is InChI=1S/C13H19N3O2S/c1-3-13(2,11(14)15-18)12(17)16-6-4-10-9(8-16)5-7-19-10/h5,7,18H,3-4,6,8H2,1-2H3,(H2,14,15). The summed E-state index contributed by atoms with van der Waals surface area (Å²) in [7, 11) is 0. The molecule has 104 valence electrons. The van der Waals surface area contributed by atoms with E-state index in [0.717, 1.165) is 6.42 Å². The Morgan fingerprint density at radius 3 is 3.05 bits per heavy atom. The van der Waals surface area contributed by atoms with Gasteiger partial charge in [-0.2, -0.15) is 0 Å². The second kappa shape index (κ2) is 5.21. The van der Waals surface area contributed by atoms with Crippen molar-refractivity contribution in [2.24, 2.45) is 16.3 Å². The van der Waals surface area contributed by atoms with E-state index in [-0.39, 0.29) is 11.7 Å². The van der Waals surface area contributed by atoms with E-state index in [0.29, 0.717) is 19.5 Å². The van der Waals surface area contributed by atoms with Gasteiger partial charge in [0.2, 0.25) is 5.91 Å². The molecule has 0 saturated heterocycles. The summed E-state index contributed by atoms with van der Waals surface area (Å²) in [6.45, 7) is 4.91. The van der Waals surface area contributed by atoms with E-state index in [1.54, 1.807) is 23.2 Å². The minimum Gasteiger partial charge on any atom is -0.409 e. The number of carbonyl (C=O) groups is 1. The van der Waals surface area contributed by atoms with Crippen molar-refractivity contribution < 1.29 is 10.0 Å². The fourth-order valence-corrected chi connectivity index (χ4v) is 3.21. The monoisotopic (exact) mass is 281 g/mol. The number of hydrogen-bond donors (Lipinski definition) is 2. The Hall–Kier alpha value is -1.56. The van der Waals surface area contributed by atoms with Crippen molar-refractivity contribution in [3.05, 3.63) is 21.9 Å². The maximum absolute atomic E-state index is 12.6. The highest BCUT2D eigenvalue weighted by Gasteiger charge is 2.40. The highest BCUT2D eigenvalue weighted by Crippen LogP contribution is 2.30. The lowest BCUT2D eigenvalue weighted by Gasteiger charge is -2.35. The summed E-state index contributed by atoms with van der Waals surface area (Å²) in [4.78, 5) is 15.8. The Kier molecular flexibility index (Phi) is 3.80. The van der Waals surface area contributed by atoms with Crippen LogP contribution in [-0.2, 0) is 17.8 Å². The second-order valence-corrected chi connectivity index (χ2v) is 6.02. The number of fused-ring (bicyclic) bond motifs is 1. The molecular weight excluding hydrogens is 262 g/mol. The van der Waals surface area contributed by atoms with Gasteiger partial charge < -0.3 is 15.8 Å². The molecule has 0 saturated carbocycles. The summed E-state index contributed by atoms with van der Waals surface area (Å²) in [6.07, 6.45) is 1.39. The molecule has 3 N–H and O–H groups in total. The average Bonchev–Trinajstić information content (AvgIpc) is 2.91. The maximum atomic E-state index is 12.6. The van der Waals surface area contributed by atoms with Crippen molar-refractivity contribution in [1.82, 2.24) is 4.90 Å². The Labute approximate surface area is 116 Å². The van der Waals surface area contributed by atoms with Gasteiger partial charge in [-0.3, -0.25) is 4.79 Å². The lowest BCUT2D eigenvalue weighted by molar-refractivity contribution is -0.138. The zero-order chi connectivity index (χ0) is 14.0. The van der Waals surface area contributed by atoms with Crippen LogP contribution in [0, 0.1) is 5.41 Å². The Bertz CT molecular complexity index is 512. The second-order valence-electron chi connectivity index (χ2n) is 5.02. The van der Waals surface area contributed by atoms with Crippen LogP contribution in [0.5, 0.6) is 0 Å². The third kappa shape index (κ3) is 2.32. The first kappa shape index (κ1) is 13.9. The Morgan fingerprint density at radius 1 is 1.68 bits per heavy atom. The van der Waals surface area contributed by atoms with Crippen LogP contribution in [0.4, 0.5) is 0 Å². The van der Waals surface area contributed by atoms with E-state index in [2.05, 4.69) is 16.6 Å². The molecule has 0 aromatic carbocycles. The van der Waals surface area contributed by atoms with Crippen molar-refractivity contribution in [1.29, 1.82) is 0 Å². The lowest BCUT2D eigenvalue weighted by atomic mass is 9.84. The number of amides is 1. The quantitative estimate of drug-likeness (QED) is 0.384. The van der Waals surface area contributed by atoms with Gasteiger partial charge in [0.25, 0.3) is 0 Å². The molecule has 1 atom stereocenters. The van der Waals surface area contributed by atoms with Gasteiger partial charge >= 0.3 is 0 Å². The predicted octanol–water partition coefficient (Wildman–Crippen LogP) is 1.80. The summed E-state index contributed by atoms with van der Waals surface area (Å²) in [5.41, 5.74) is 5.98.